The van der Waals surface area contributed by atoms with Gasteiger partial charge in [0.2, 0.25) is 11.8 Å². The Labute approximate surface area is 368 Å². The van der Waals surface area contributed by atoms with Crippen molar-refractivity contribution in [1.29, 1.82) is 5.26 Å². The van der Waals surface area contributed by atoms with E-state index in [1.807, 2.05) is 0 Å². The zero-order valence-corrected chi connectivity index (χ0v) is 35.9. The molecule has 2 aromatic heterocycles. The van der Waals surface area contributed by atoms with Crippen molar-refractivity contribution in [2.24, 2.45) is 7.05 Å². The highest BCUT2D eigenvalue weighted by atomic mass is 35.5. The molecule has 2 N–H and O–H groups in total. The van der Waals surface area contributed by atoms with Gasteiger partial charge in [0.15, 0.2) is 16.6 Å². The number of hydrogen-bond acceptors (Lipinski definition) is 11. The number of pyridine rings is 1. The van der Waals surface area contributed by atoms with Crippen molar-refractivity contribution in [3.8, 4) is 6.07 Å². The van der Waals surface area contributed by atoms with Gasteiger partial charge < -0.3 is 15.0 Å². The summed E-state index contributed by atoms with van der Waals surface area (Å²) in [6, 6.07) is 4.21. The summed E-state index contributed by atoms with van der Waals surface area (Å²) in [5.41, 5.74) is -2.76. The van der Waals surface area contributed by atoms with Crippen LogP contribution in [0.2, 0.25) is 0 Å². The molecule has 3 aromatic rings. The summed E-state index contributed by atoms with van der Waals surface area (Å²) < 4.78 is 92.0. The highest BCUT2D eigenvalue weighted by molar-refractivity contribution is 7.80. The predicted octanol–water partition coefficient (Wildman–Crippen LogP) is 4.95. The molecule has 340 valence electrons. The van der Waals surface area contributed by atoms with Gasteiger partial charge in [-0.15, -0.1) is 12.4 Å². The van der Waals surface area contributed by atoms with Crippen LogP contribution in [0, 0.1) is 11.3 Å². The molecule has 1 atom stereocenters. The third-order valence-electron chi connectivity index (χ3n) is 11.8. The Morgan fingerprint density at radius 3 is 2.44 bits per heavy atom. The van der Waals surface area contributed by atoms with Crippen molar-refractivity contribution in [3.05, 3.63) is 41.7 Å². The molecule has 16 nitrogen and oxygen atoms in total. The van der Waals surface area contributed by atoms with E-state index < -0.39 is 65.5 Å². The van der Waals surface area contributed by atoms with Gasteiger partial charge in [-0.25, -0.2) is 9.78 Å². The number of aromatic nitrogens is 3. The molecule has 0 bridgehead atoms. The molecule has 0 unspecified atom stereocenters. The molecule has 3 saturated heterocycles. The van der Waals surface area contributed by atoms with Gasteiger partial charge in [-0.05, 0) is 69.9 Å². The predicted molar refractivity (Wildman–Crippen MR) is 222 cm³/mol. The maximum atomic E-state index is 14.4. The molecule has 1 saturated carbocycles. The quantitative estimate of drug-likeness (QED) is 0.207. The van der Waals surface area contributed by atoms with Crippen LogP contribution in [0.5, 0.6) is 0 Å². The third-order valence-corrected chi connectivity index (χ3v) is 12.1. The Balaban J connectivity index is 0.00000661. The van der Waals surface area contributed by atoms with E-state index in [2.05, 4.69) is 20.7 Å². The summed E-state index contributed by atoms with van der Waals surface area (Å²) >= 11 is 5.66. The number of amides is 5. The minimum absolute atomic E-state index is 0. The number of ether oxygens (including phenoxy) is 1. The van der Waals surface area contributed by atoms with E-state index in [9.17, 15) is 45.5 Å². The SMILES string of the molecule is Cl.Cn1nc(N2CCC(=O)NC2=O)c2cccc(NC(=O)CN3CCN(CCOC4CCC(N5C(=S)N(c6cnc(C#N)c(C(F)(F)F)c6)C(=O)C5(C)C)CC4)C[C@@H]3C(F)(F)F)c21. The molecular weight excluding hydrogens is 884 g/mol. The van der Waals surface area contributed by atoms with Crippen LogP contribution in [0.15, 0.2) is 30.5 Å². The summed E-state index contributed by atoms with van der Waals surface area (Å²) in [5.74, 6) is -1.35. The average Bonchev–Trinajstić information content (AvgIpc) is 3.63. The Kier molecular flexibility index (Phi) is 13.6. The number of imide groups is 1. The number of para-hydroxylation sites is 1. The second-order valence-corrected chi connectivity index (χ2v) is 16.5. The molecule has 4 fully saturated rings. The van der Waals surface area contributed by atoms with Crippen LogP contribution in [0.4, 0.5) is 48.3 Å². The number of carbonyl (C=O) groups is 4. The van der Waals surface area contributed by atoms with Gasteiger partial charge in [0, 0.05) is 57.6 Å². The third kappa shape index (κ3) is 9.55. The highest BCUT2D eigenvalue weighted by Crippen LogP contribution is 2.40. The topological polar surface area (TPSA) is 172 Å². The van der Waals surface area contributed by atoms with E-state index in [-0.39, 0.29) is 86.9 Å². The number of aryl methyl sites for hydroxylation is 1. The fraction of sp³-hybridized carbons (Fsp3) is 0.538. The Hall–Kier alpha value is -5.15. The summed E-state index contributed by atoms with van der Waals surface area (Å²) in [7, 11) is 1.60. The molecule has 24 heteroatoms. The van der Waals surface area contributed by atoms with E-state index in [4.69, 9.17) is 22.2 Å². The number of piperazine rings is 1. The van der Waals surface area contributed by atoms with Crippen LogP contribution in [0.25, 0.3) is 10.9 Å². The van der Waals surface area contributed by atoms with Gasteiger partial charge in [-0.3, -0.25) is 44.0 Å². The van der Waals surface area contributed by atoms with Gasteiger partial charge in [0.1, 0.15) is 17.6 Å². The number of nitriles is 1. The Morgan fingerprint density at radius 2 is 1.79 bits per heavy atom. The lowest BCUT2D eigenvalue weighted by molar-refractivity contribution is -0.197. The first-order valence-electron chi connectivity index (χ1n) is 19.9. The lowest BCUT2D eigenvalue weighted by Crippen LogP contribution is -2.60. The van der Waals surface area contributed by atoms with E-state index in [0.29, 0.717) is 48.3 Å². The number of hydrogen-bond donors (Lipinski definition) is 2. The van der Waals surface area contributed by atoms with Crippen LogP contribution >= 0.6 is 24.6 Å². The maximum absolute atomic E-state index is 14.4. The number of anilines is 3. The summed E-state index contributed by atoms with van der Waals surface area (Å²) in [4.78, 5) is 61.5. The molecule has 0 spiro atoms. The number of benzene rings is 1. The van der Waals surface area contributed by atoms with Crippen LogP contribution < -0.4 is 20.4 Å². The molecule has 1 aromatic carbocycles. The standard InChI is InChI=1S/C39H43F6N11O5S.ClH/c1-37(2)34(59)55(23-17-26(38(40,41)42)28(18-46)47-19-23)36(62)56(37)22-7-9-24(10-8-22)61-16-15-52-13-14-53(29(20-52)39(43,44)45)21-31(58)48-27-6-4-5-25-32(27)51(3)50-33(25)54-12-11-30(57)49-35(54)60;/h4-6,17,19,22,24,29H,7-16,20-21H2,1-3H3,(H,48,58)(H,49,57,60);1H/t22?,24?,29-;/m1./s1. The zero-order valence-electron chi connectivity index (χ0n) is 34.3. The molecule has 4 aliphatic rings. The summed E-state index contributed by atoms with van der Waals surface area (Å²) in [6.45, 7) is 3.05. The van der Waals surface area contributed by atoms with Crippen LogP contribution in [0.3, 0.4) is 0 Å². The molecule has 5 amide bonds. The zero-order chi connectivity index (χ0) is 44.9. The smallest absolute Gasteiger partial charge is 0.377 e. The first-order chi connectivity index (χ1) is 29.2. The van der Waals surface area contributed by atoms with Crippen molar-refractivity contribution in [2.45, 2.75) is 82.0 Å². The van der Waals surface area contributed by atoms with Gasteiger partial charge in [-0.1, -0.05) is 6.07 Å². The van der Waals surface area contributed by atoms with Crippen molar-refractivity contribution in [2.75, 3.05) is 61.0 Å². The highest BCUT2D eigenvalue weighted by Gasteiger charge is 2.53. The van der Waals surface area contributed by atoms with E-state index in [1.54, 1.807) is 48.9 Å². The van der Waals surface area contributed by atoms with Crippen molar-refractivity contribution >= 4 is 81.6 Å². The summed E-state index contributed by atoms with van der Waals surface area (Å²) in [5, 5.41) is 19.1. The molecule has 63 heavy (non-hydrogen) atoms. The molecule has 5 heterocycles. The molecule has 3 aliphatic heterocycles. The van der Waals surface area contributed by atoms with E-state index in [1.165, 1.54) is 15.7 Å². The normalized spacial score (nSPS) is 22.6. The second-order valence-electron chi connectivity index (χ2n) is 16.1. The molecule has 0 radical (unpaired) electrons. The van der Waals surface area contributed by atoms with Crippen LogP contribution in [0.1, 0.15) is 57.2 Å². The number of halogens is 7. The average molecular weight is 928 g/mol. The van der Waals surface area contributed by atoms with Gasteiger partial charge >= 0.3 is 18.4 Å². The number of nitrogens with one attached hydrogen (secondary N) is 2. The number of nitrogens with zero attached hydrogens (tertiary/aromatic N) is 9. The van der Waals surface area contributed by atoms with E-state index in [0.717, 1.165) is 16.0 Å². The van der Waals surface area contributed by atoms with Crippen molar-refractivity contribution < 1.29 is 50.3 Å². The molecule has 7 rings (SSSR count). The fourth-order valence-corrected chi connectivity index (χ4v) is 9.26. The largest absolute Gasteiger partial charge is 0.419 e. The number of carbonyl (C=O) groups excluding carboxylic acids is 4. The second kappa shape index (κ2) is 18.1. The lowest BCUT2D eigenvalue weighted by Gasteiger charge is -2.42. The number of rotatable bonds is 10. The monoisotopic (exact) mass is 927 g/mol. The van der Waals surface area contributed by atoms with Gasteiger partial charge in [0.05, 0.1) is 47.9 Å². The first kappa shape index (κ1) is 47.3. The number of fused-ring (bicyclic) bond motifs is 1. The number of thiocarbonyl (C=S) groups is 1. The Bertz CT molecular complexity index is 2330. The molecule has 1 aliphatic carbocycles. The van der Waals surface area contributed by atoms with Gasteiger partial charge in [-0.2, -0.15) is 36.7 Å². The maximum Gasteiger partial charge on any atom is 0.419 e. The van der Waals surface area contributed by atoms with Gasteiger partial charge in [0.25, 0.3) is 5.91 Å². The fourth-order valence-electron chi connectivity index (χ4n) is 8.69. The van der Waals surface area contributed by atoms with Crippen LogP contribution in [-0.2, 0) is 32.3 Å². The Morgan fingerprint density at radius 1 is 1.08 bits per heavy atom. The minimum atomic E-state index is -4.88. The lowest BCUT2D eigenvalue weighted by atomic mass is 9.89. The van der Waals surface area contributed by atoms with Crippen LogP contribution in [-0.4, -0.2) is 134 Å². The number of urea groups is 1. The first-order valence-corrected chi connectivity index (χ1v) is 20.3. The van der Waals surface area contributed by atoms with Crippen molar-refractivity contribution in [1.82, 2.24) is 34.8 Å². The molecular formula is C39H44ClF6N11O5S. The number of alkyl halides is 6. The van der Waals surface area contributed by atoms with Crippen molar-refractivity contribution in [3.63, 3.8) is 0 Å². The van der Waals surface area contributed by atoms with E-state index >= 15 is 0 Å². The minimum Gasteiger partial charge on any atom is -0.377 e. The summed E-state index contributed by atoms with van der Waals surface area (Å²) in [6.07, 6.45) is -6.51.